The van der Waals surface area contributed by atoms with Crippen LogP contribution in [0.4, 0.5) is 28.4 Å². The number of hydrogen-bond acceptors (Lipinski definition) is 8. The summed E-state index contributed by atoms with van der Waals surface area (Å²) in [6.45, 7) is 0. The molecule has 0 saturated carbocycles. The number of methoxy groups -OCH3 is 2. The summed E-state index contributed by atoms with van der Waals surface area (Å²) in [5.74, 6) is 0.684. The average molecular weight is 334 g/mol. The fourth-order valence-electron chi connectivity index (χ4n) is 2.05. The first-order valence-electron chi connectivity index (χ1n) is 6.58. The number of nitrogens with zero attached hydrogens (tertiary/aromatic N) is 2. The van der Waals surface area contributed by atoms with Crippen LogP contribution < -0.4 is 20.5 Å². The van der Waals surface area contributed by atoms with Crippen molar-refractivity contribution in [1.82, 2.24) is 0 Å². The van der Waals surface area contributed by atoms with E-state index in [9.17, 15) is 20.2 Å². The molecule has 2 rings (SSSR count). The number of nitrogen functional groups attached to an aromatic ring is 1. The van der Waals surface area contributed by atoms with Gasteiger partial charge in [-0.1, -0.05) is 0 Å². The van der Waals surface area contributed by atoms with E-state index >= 15 is 0 Å². The number of hydrogen-bond donors (Lipinski definition) is 2. The summed E-state index contributed by atoms with van der Waals surface area (Å²) in [5.41, 5.74) is 5.72. The molecule has 0 radical (unpaired) electrons. The lowest BCUT2D eigenvalue weighted by Gasteiger charge is -2.14. The van der Waals surface area contributed by atoms with Crippen molar-refractivity contribution in [1.29, 1.82) is 0 Å². The Balaban J connectivity index is 2.51. The topological polar surface area (TPSA) is 143 Å². The van der Waals surface area contributed by atoms with Crippen molar-refractivity contribution < 1.29 is 19.3 Å². The molecule has 0 fully saturated rings. The summed E-state index contributed by atoms with van der Waals surface area (Å²) >= 11 is 0. The van der Waals surface area contributed by atoms with Crippen LogP contribution in [0.2, 0.25) is 0 Å². The molecule has 2 aromatic rings. The van der Waals surface area contributed by atoms with E-state index < -0.39 is 15.5 Å². The van der Waals surface area contributed by atoms with Crippen molar-refractivity contribution in [2.45, 2.75) is 0 Å². The normalized spacial score (nSPS) is 10.1. The lowest BCUT2D eigenvalue weighted by Crippen LogP contribution is -2.02. The molecule has 0 heterocycles. The maximum Gasteiger partial charge on any atom is 0.299 e. The third-order valence-corrected chi connectivity index (χ3v) is 3.21. The highest BCUT2D eigenvalue weighted by molar-refractivity contribution is 5.78. The first-order chi connectivity index (χ1) is 11.4. The molecule has 0 aliphatic carbocycles. The van der Waals surface area contributed by atoms with Gasteiger partial charge in [0, 0.05) is 18.2 Å². The maximum absolute atomic E-state index is 11.2. The van der Waals surface area contributed by atoms with E-state index in [0.29, 0.717) is 22.9 Å². The number of non-ortho nitro benzene ring substituents is 1. The number of benzene rings is 2. The number of nitrogens with two attached hydrogens (primary N) is 1. The molecule has 10 heteroatoms. The molecule has 126 valence electrons. The van der Waals surface area contributed by atoms with Crippen molar-refractivity contribution in [3.8, 4) is 11.5 Å². The summed E-state index contributed by atoms with van der Waals surface area (Å²) in [4.78, 5) is 20.5. The molecule has 3 N–H and O–H groups in total. The third kappa shape index (κ3) is 3.27. The Bertz CT molecular complexity index is 808. The largest absolute Gasteiger partial charge is 0.495 e. The van der Waals surface area contributed by atoms with E-state index in [1.807, 2.05) is 0 Å². The molecule has 0 atom stereocenters. The van der Waals surface area contributed by atoms with Gasteiger partial charge in [-0.15, -0.1) is 0 Å². The Morgan fingerprint density at radius 3 is 2.17 bits per heavy atom. The second kappa shape index (κ2) is 6.69. The van der Waals surface area contributed by atoms with Crippen LogP contribution in [0.15, 0.2) is 30.3 Å². The highest BCUT2D eigenvalue weighted by atomic mass is 16.6. The summed E-state index contributed by atoms with van der Waals surface area (Å²) in [6.07, 6.45) is 0. The van der Waals surface area contributed by atoms with Crippen LogP contribution in [0, 0.1) is 20.2 Å². The summed E-state index contributed by atoms with van der Waals surface area (Å²) in [6, 6.07) is 6.30. The number of nitro groups is 2. The molecule has 24 heavy (non-hydrogen) atoms. The number of nitrogens with one attached hydrogen (secondary N) is 1. The fraction of sp³-hybridized carbons (Fsp3) is 0.143. The molecule has 0 saturated heterocycles. The molecule has 0 amide bonds. The molecule has 0 aromatic heterocycles. The molecule has 0 aliphatic heterocycles. The van der Waals surface area contributed by atoms with Crippen LogP contribution in [0.25, 0.3) is 0 Å². The lowest BCUT2D eigenvalue weighted by molar-refractivity contribution is -0.393. The van der Waals surface area contributed by atoms with Gasteiger partial charge in [-0.2, -0.15) is 0 Å². The van der Waals surface area contributed by atoms with Gasteiger partial charge in [-0.25, -0.2) is 0 Å². The SMILES string of the molecule is COc1cc(Nc2ccc([N+](=O)[O-])cc2[N+](=O)[O-])c(OC)cc1N. The van der Waals surface area contributed by atoms with Gasteiger partial charge in [-0.05, 0) is 6.07 Å². The van der Waals surface area contributed by atoms with Crippen LogP contribution in [0.5, 0.6) is 11.5 Å². The number of nitro benzene ring substituents is 2. The second-order valence-corrected chi connectivity index (χ2v) is 4.64. The molecular weight excluding hydrogens is 320 g/mol. The highest BCUT2D eigenvalue weighted by Gasteiger charge is 2.21. The van der Waals surface area contributed by atoms with Crippen molar-refractivity contribution in [2.75, 3.05) is 25.3 Å². The smallest absolute Gasteiger partial charge is 0.299 e. The standard InChI is InChI=1S/C14H14N4O6/c1-23-13-7-11(14(24-2)6-9(13)15)16-10-4-3-8(17(19)20)5-12(10)18(21)22/h3-7,16H,15H2,1-2H3. The Kier molecular flexibility index (Phi) is 4.68. The lowest BCUT2D eigenvalue weighted by atomic mass is 10.2. The van der Waals surface area contributed by atoms with E-state index in [1.54, 1.807) is 0 Å². The van der Waals surface area contributed by atoms with Gasteiger partial charge < -0.3 is 20.5 Å². The molecule has 0 unspecified atom stereocenters. The highest BCUT2D eigenvalue weighted by Crippen LogP contribution is 2.38. The maximum atomic E-state index is 11.2. The van der Waals surface area contributed by atoms with Gasteiger partial charge in [-0.3, -0.25) is 20.2 Å². The minimum Gasteiger partial charge on any atom is -0.495 e. The number of ether oxygens (including phenoxy) is 2. The summed E-state index contributed by atoms with van der Waals surface area (Å²) in [5, 5.41) is 24.8. The van der Waals surface area contributed by atoms with Crippen LogP contribution >= 0.6 is 0 Å². The minimum absolute atomic E-state index is 0.0655. The second-order valence-electron chi connectivity index (χ2n) is 4.64. The van der Waals surface area contributed by atoms with E-state index in [0.717, 1.165) is 12.1 Å². The van der Waals surface area contributed by atoms with E-state index in [2.05, 4.69) is 5.32 Å². The van der Waals surface area contributed by atoms with E-state index in [4.69, 9.17) is 15.2 Å². The molecule has 2 aromatic carbocycles. The van der Waals surface area contributed by atoms with Crippen molar-refractivity contribution in [2.24, 2.45) is 0 Å². The van der Waals surface area contributed by atoms with E-state index in [1.165, 1.54) is 32.4 Å². The van der Waals surface area contributed by atoms with Crippen LogP contribution in [-0.4, -0.2) is 24.1 Å². The molecular formula is C14H14N4O6. The van der Waals surface area contributed by atoms with Crippen molar-refractivity contribution in [3.63, 3.8) is 0 Å². The molecule has 10 nitrogen and oxygen atoms in total. The van der Waals surface area contributed by atoms with Gasteiger partial charge in [0.1, 0.15) is 17.2 Å². The van der Waals surface area contributed by atoms with E-state index in [-0.39, 0.29) is 11.4 Å². The first-order valence-corrected chi connectivity index (χ1v) is 6.58. The summed E-state index contributed by atoms with van der Waals surface area (Å²) in [7, 11) is 2.84. The predicted molar refractivity (Wildman–Crippen MR) is 87.0 cm³/mol. The van der Waals surface area contributed by atoms with Crippen LogP contribution in [0.1, 0.15) is 0 Å². The predicted octanol–water partition coefficient (Wildman–Crippen LogP) is 2.85. The quantitative estimate of drug-likeness (QED) is 0.466. The van der Waals surface area contributed by atoms with Crippen molar-refractivity contribution in [3.05, 3.63) is 50.6 Å². The third-order valence-electron chi connectivity index (χ3n) is 3.21. The first kappa shape index (κ1) is 16.8. The average Bonchev–Trinajstić information content (AvgIpc) is 2.55. The fourth-order valence-corrected chi connectivity index (χ4v) is 2.05. The number of rotatable bonds is 6. The van der Waals surface area contributed by atoms with Crippen LogP contribution in [0.3, 0.4) is 0 Å². The monoisotopic (exact) mass is 334 g/mol. The molecule has 0 aliphatic rings. The Labute approximate surface area is 136 Å². The minimum atomic E-state index is -0.712. The number of anilines is 3. The molecule has 0 bridgehead atoms. The van der Waals surface area contributed by atoms with Gasteiger partial charge in [0.2, 0.25) is 0 Å². The van der Waals surface area contributed by atoms with Gasteiger partial charge >= 0.3 is 0 Å². The Hall–Kier alpha value is -3.56. The van der Waals surface area contributed by atoms with Gasteiger partial charge in [0.25, 0.3) is 11.4 Å². The Morgan fingerprint density at radius 2 is 1.62 bits per heavy atom. The zero-order valence-electron chi connectivity index (χ0n) is 12.8. The molecule has 0 spiro atoms. The van der Waals surface area contributed by atoms with Gasteiger partial charge in [0.15, 0.2) is 0 Å². The van der Waals surface area contributed by atoms with Crippen LogP contribution in [-0.2, 0) is 0 Å². The zero-order chi connectivity index (χ0) is 17.9. The zero-order valence-corrected chi connectivity index (χ0v) is 12.8. The van der Waals surface area contributed by atoms with Crippen molar-refractivity contribution >= 4 is 28.4 Å². The van der Waals surface area contributed by atoms with Gasteiger partial charge in [0.05, 0.1) is 41.5 Å². The Morgan fingerprint density at radius 1 is 0.958 bits per heavy atom. The summed E-state index contributed by atoms with van der Waals surface area (Å²) < 4.78 is 10.3.